The quantitative estimate of drug-likeness (QED) is 0.787. The van der Waals surface area contributed by atoms with E-state index in [2.05, 4.69) is 33.2 Å². The van der Waals surface area contributed by atoms with E-state index in [4.69, 9.17) is 4.74 Å². The molecule has 4 nitrogen and oxygen atoms in total. The monoisotopic (exact) mass is 314 g/mol. The largest absolute Gasteiger partial charge is 0.494 e. The normalized spacial score (nSPS) is 11.9. The second kappa shape index (κ2) is 8.08. The molecule has 1 heterocycles. The number of hydrogen-bond acceptors (Lipinski definition) is 3. The summed E-state index contributed by atoms with van der Waals surface area (Å²) >= 11 is 3.42. The van der Waals surface area contributed by atoms with Gasteiger partial charge in [-0.15, -0.1) is 0 Å². The second-order valence-corrected chi connectivity index (χ2v) is 4.83. The third-order valence-corrected chi connectivity index (χ3v) is 3.35. The van der Waals surface area contributed by atoms with Gasteiger partial charge in [0, 0.05) is 18.1 Å². The molecule has 0 saturated heterocycles. The van der Waals surface area contributed by atoms with Crippen molar-refractivity contribution in [3.8, 4) is 5.75 Å². The molecule has 0 aliphatic carbocycles. The van der Waals surface area contributed by atoms with E-state index in [1.54, 1.807) is 18.5 Å². The zero-order valence-corrected chi connectivity index (χ0v) is 12.4. The highest BCUT2D eigenvalue weighted by atomic mass is 79.9. The van der Waals surface area contributed by atoms with Crippen LogP contribution in [-0.4, -0.2) is 29.9 Å². The Labute approximate surface area is 116 Å². The Morgan fingerprint density at radius 1 is 1.61 bits per heavy atom. The van der Waals surface area contributed by atoms with Crippen LogP contribution in [-0.2, 0) is 0 Å². The van der Waals surface area contributed by atoms with E-state index in [-0.39, 0.29) is 5.91 Å². The molecule has 18 heavy (non-hydrogen) atoms. The van der Waals surface area contributed by atoms with E-state index in [1.165, 1.54) is 7.11 Å². The van der Waals surface area contributed by atoms with Crippen LogP contribution in [0.1, 0.15) is 30.1 Å². The Bertz CT molecular complexity index is 385. The molecule has 0 bridgehead atoms. The smallest absolute Gasteiger partial charge is 0.255 e. The number of alkyl halides is 1. The predicted octanol–water partition coefficient (Wildman–Crippen LogP) is 2.63. The first kappa shape index (κ1) is 15.0. The van der Waals surface area contributed by atoms with Gasteiger partial charge in [-0.2, -0.15) is 0 Å². The Balaban J connectivity index is 2.59. The van der Waals surface area contributed by atoms with E-state index in [0.717, 1.165) is 18.2 Å². The Morgan fingerprint density at radius 3 is 3.00 bits per heavy atom. The Kier molecular flexibility index (Phi) is 6.72. The molecule has 0 spiro atoms. The summed E-state index contributed by atoms with van der Waals surface area (Å²) < 4.78 is 5.12. The van der Waals surface area contributed by atoms with Crippen molar-refractivity contribution in [1.29, 1.82) is 0 Å². The standard InChI is InChI=1S/C13H19BrN2O2/c1-3-10(4-6-14)8-16-13(17)11-5-7-15-9-12(11)18-2/h5,7,9-10H,3-4,6,8H2,1-2H3,(H,16,17). The molecule has 0 radical (unpaired) electrons. The van der Waals surface area contributed by atoms with Crippen LogP contribution in [0.4, 0.5) is 0 Å². The van der Waals surface area contributed by atoms with Gasteiger partial charge in [-0.05, 0) is 18.4 Å². The molecule has 1 unspecified atom stereocenters. The van der Waals surface area contributed by atoms with E-state index < -0.39 is 0 Å². The molecule has 1 N–H and O–H groups in total. The average molecular weight is 315 g/mol. The van der Waals surface area contributed by atoms with Gasteiger partial charge >= 0.3 is 0 Å². The third kappa shape index (κ3) is 4.29. The fourth-order valence-corrected chi connectivity index (χ4v) is 2.31. The zero-order chi connectivity index (χ0) is 13.4. The van der Waals surface area contributed by atoms with Crippen molar-refractivity contribution in [3.05, 3.63) is 24.0 Å². The van der Waals surface area contributed by atoms with Crippen molar-refractivity contribution >= 4 is 21.8 Å². The van der Waals surface area contributed by atoms with Crippen LogP contribution in [0.5, 0.6) is 5.75 Å². The minimum absolute atomic E-state index is 0.109. The summed E-state index contributed by atoms with van der Waals surface area (Å²) in [7, 11) is 1.54. The van der Waals surface area contributed by atoms with Crippen molar-refractivity contribution < 1.29 is 9.53 Å². The van der Waals surface area contributed by atoms with Gasteiger partial charge in [0.1, 0.15) is 5.75 Å². The highest BCUT2D eigenvalue weighted by Crippen LogP contribution is 2.16. The van der Waals surface area contributed by atoms with Crippen LogP contribution in [0.2, 0.25) is 0 Å². The van der Waals surface area contributed by atoms with Gasteiger partial charge in [-0.25, -0.2) is 0 Å². The molecule has 5 heteroatoms. The summed E-state index contributed by atoms with van der Waals surface area (Å²) in [5, 5.41) is 3.90. The highest BCUT2D eigenvalue weighted by Gasteiger charge is 2.13. The van der Waals surface area contributed by atoms with Crippen LogP contribution in [0.15, 0.2) is 18.5 Å². The van der Waals surface area contributed by atoms with Crippen LogP contribution in [0.3, 0.4) is 0 Å². The molecule has 0 saturated carbocycles. The number of carbonyl (C=O) groups is 1. The van der Waals surface area contributed by atoms with Gasteiger partial charge in [0.15, 0.2) is 0 Å². The van der Waals surface area contributed by atoms with Crippen molar-refractivity contribution in [2.24, 2.45) is 5.92 Å². The predicted molar refractivity (Wildman–Crippen MR) is 75.3 cm³/mol. The molecule has 0 aliphatic rings. The average Bonchev–Trinajstić information content (AvgIpc) is 2.42. The van der Waals surface area contributed by atoms with Crippen molar-refractivity contribution in [3.63, 3.8) is 0 Å². The summed E-state index contributed by atoms with van der Waals surface area (Å²) in [5.41, 5.74) is 0.529. The summed E-state index contributed by atoms with van der Waals surface area (Å²) in [4.78, 5) is 15.9. The molecule has 1 aromatic rings. The first-order chi connectivity index (χ1) is 8.72. The van der Waals surface area contributed by atoms with E-state index in [9.17, 15) is 4.79 Å². The molecule has 1 rings (SSSR count). The zero-order valence-electron chi connectivity index (χ0n) is 10.8. The van der Waals surface area contributed by atoms with Crippen LogP contribution in [0.25, 0.3) is 0 Å². The topological polar surface area (TPSA) is 51.2 Å². The minimum atomic E-state index is -0.109. The fraction of sp³-hybridized carbons (Fsp3) is 0.538. The number of pyridine rings is 1. The van der Waals surface area contributed by atoms with Crippen LogP contribution < -0.4 is 10.1 Å². The molecule has 100 valence electrons. The number of rotatable bonds is 7. The number of ether oxygens (including phenoxy) is 1. The lowest BCUT2D eigenvalue weighted by molar-refractivity contribution is 0.0943. The van der Waals surface area contributed by atoms with Crippen molar-refractivity contribution in [2.45, 2.75) is 19.8 Å². The van der Waals surface area contributed by atoms with Crippen molar-refractivity contribution in [1.82, 2.24) is 10.3 Å². The van der Waals surface area contributed by atoms with Gasteiger partial charge in [-0.3, -0.25) is 9.78 Å². The lowest BCUT2D eigenvalue weighted by Crippen LogP contribution is -2.29. The van der Waals surface area contributed by atoms with E-state index in [0.29, 0.717) is 23.8 Å². The molecule has 1 amide bonds. The summed E-state index contributed by atoms with van der Waals surface area (Å²) in [6.45, 7) is 2.82. The van der Waals surface area contributed by atoms with Crippen molar-refractivity contribution in [2.75, 3.05) is 19.0 Å². The van der Waals surface area contributed by atoms with Gasteiger partial charge in [0.2, 0.25) is 0 Å². The second-order valence-electron chi connectivity index (χ2n) is 4.04. The maximum absolute atomic E-state index is 12.0. The van der Waals surface area contributed by atoms with E-state index >= 15 is 0 Å². The summed E-state index contributed by atoms with van der Waals surface area (Å²) in [6.07, 6.45) is 5.25. The SMILES string of the molecule is CCC(CCBr)CNC(=O)c1ccncc1OC. The number of nitrogens with one attached hydrogen (secondary N) is 1. The van der Waals surface area contributed by atoms with Crippen LogP contribution >= 0.6 is 15.9 Å². The number of amides is 1. The maximum Gasteiger partial charge on any atom is 0.255 e. The number of carbonyl (C=O) groups excluding carboxylic acids is 1. The summed E-state index contributed by atoms with van der Waals surface area (Å²) in [5.74, 6) is 0.895. The van der Waals surface area contributed by atoms with Crippen LogP contribution in [0, 0.1) is 5.92 Å². The number of halogens is 1. The van der Waals surface area contributed by atoms with Gasteiger partial charge in [0.25, 0.3) is 5.91 Å². The fourth-order valence-electron chi connectivity index (χ4n) is 1.67. The first-order valence-electron chi connectivity index (χ1n) is 6.05. The van der Waals surface area contributed by atoms with E-state index in [1.807, 2.05) is 0 Å². The van der Waals surface area contributed by atoms with Gasteiger partial charge in [0.05, 0.1) is 18.9 Å². The summed E-state index contributed by atoms with van der Waals surface area (Å²) in [6, 6.07) is 1.67. The number of nitrogens with zero attached hydrogens (tertiary/aromatic N) is 1. The first-order valence-corrected chi connectivity index (χ1v) is 7.17. The maximum atomic E-state index is 12.0. The Hall–Kier alpha value is -1.10. The highest BCUT2D eigenvalue weighted by molar-refractivity contribution is 9.09. The molecule has 1 atom stereocenters. The molecule has 0 fully saturated rings. The van der Waals surface area contributed by atoms with Gasteiger partial charge < -0.3 is 10.1 Å². The molecular weight excluding hydrogens is 296 g/mol. The molecule has 0 aromatic carbocycles. The lowest BCUT2D eigenvalue weighted by Gasteiger charge is -2.15. The van der Waals surface area contributed by atoms with Gasteiger partial charge in [-0.1, -0.05) is 29.3 Å². The Morgan fingerprint density at radius 2 is 2.39 bits per heavy atom. The number of aromatic nitrogens is 1. The number of hydrogen-bond donors (Lipinski definition) is 1. The molecule has 0 aliphatic heterocycles. The minimum Gasteiger partial charge on any atom is -0.494 e. The third-order valence-electron chi connectivity index (χ3n) is 2.90. The molecular formula is C13H19BrN2O2. The number of methoxy groups -OCH3 is 1. The molecule has 1 aromatic heterocycles. The lowest BCUT2D eigenvalue weighted by atomic mass is 10.0.